The highest BCUT2D eigenvalue weighted by atomic mass is 16.2. The summed E-state index contributed by atoms with van der Waals surface area (Å²) in [5.41, 5.74) is 10.3. The van der Waals surface area contributed by atoms with Gasteiger partial charge in [-0.1, -0.05) is 54.1 Å². The van der Waals surface area contributed by atoms with Gasteiger partial charge in [0, 0.05) is 42.9 Å². The van der Waals surface area contributed by atoms with Crippen molar-refractivity contribution in [3.05, 3.63) is 89.5 Å². The van der Waals surface area contributed by atoms with Gasteiger partial charge < -0.3 is 21.3 Å². The second kappa shape index (κ2) is 14.4. The molecule has 1 fully saturated rings. The van der Waals surface area contributed by atoms with E-state index >= 15 is 0 Å². The molecule has 2 aliphatic heterocycles. The first-order chi connectivity index (χ1) is 20.9. The van der Waals surface area contributed by atoms with E-state index in [0.717, 1.165) is 31.4 Å². The molecule has 9 nitrogen and oxygen atoms in total. The number of carbonyl (C=O) groups excluding carboxylic acids is 3. The molecule has 226 valence electrons. The molecular weight excluding hydrogens is 540 g/mol. The van der Waals surface area contributed by atoms with Crippen LogP contribution in [-0.2, 0) is 9.59 Å². The van der Waals surface area contributed by atoms with Crippen molar-refractivity contribution in [1.82, 2.24) is 15.5 Å². The third-order valence-electron chi connectivity index (χ3n) is 8.39. The van der Waals surface area contributed by atoms with Crippen molar-refractivity contribution < 1.29 is 14.4 Å². The molecule has 43 heavy (non-hydrogen) atoms. The van der Waals surface area contributed by atoms with Crippen molar-refractivity contribution >= 4 is 29.1 Å². The molecule has 1 unspecified atom stereocenters. The largest absolute Gasteiger partial charge is 0.350 e. The minimum atomic E-state index is -0.356. The highest BCUT2D eigenvalue weighted by molar-refractivity contribution is 6.12. The zero-order chi connectivity index (χ0) is 30.2. The molecule has 5 rings (SSSR count). The Kier molecular flexibility index (Phi) is 10.2. The third-order valence-corrected chi connectivity index (χ3v) is 8.39. The van der Waals surface area contributed by atoms with Crippen LogP contribution in [0.3, 0.4) is 0 Å². The number of nitrogens with two attached hydrogens (primary N) is 1. The summed E-state index contributed by atoms with van der Waals surface area (Å²) in [6, 6.07) is 16.9. The Morgan fingerprint density at radius 1 is 1.14 bits per heavy atom. The Morgan fingerprint density at radius 2 is 1.93 bits per heavy atom. The summed E-state index contributed by atoms with van der Waals surface area (Å²) >= 11 is 0. The van der Waals surface area contributed by atoms with E-state index in [4.69, 9.17) is 5.73 Å². The van der Waals surface area contributed by atoms with Gasteiger partial charge in [0.2, 0.25) is 5.91 Å². The van der Waals surface area contributed by atoms with E-state index in [9.17, 15) is 14.4 Å². The van der Waals surface area contributed by atoms with Crippen LogP contribution < -0.4 is 21.4 Å². The van der Waals surface area contributed by atoms with E-state index in [-0.39, 0.29) is 35.7 Å². The van der Waals surface area contributed by atoms with Gasteiger partial charge in [-0.05, 0) is 75.4 Å². The number of hydrogen-bond donors (Lipinski definition) is 3. The first kappa shape index (κ1) is 30.4. The third kappa shape index (κ3) is 7.66. The fourth-order valence-corrected chi connectivity index (χ4v) is 6.04. The Labute approximate surface area is 253 Å². The maximum atomic E-state index is 13.9. The van der Waals surface area contributed by atoms with Gasteiger partial charge in [-0.2, -0.15) is 5.10 Å². The molecular formula is C34H42N6O3. The molecule has 0 radical (unpaired) electrons. The molecule has 3 aliphatic rings. The van der Waals surface area contributed by atoms with Crippen LogP contribution >= 0.6 is 0 Å². The average molecular weight is 583 g/mol. The number of hydrazone groups is 1. The fourth-order valence-electron chi connectivity index (χ4n) is 6.04. The quantitative estimate of drug-likeness (QED) is 0.371. The normalized spacial score (nSPS) is 21.3. The number of allylic oxidation sites excluding steroid dienone is 3. The molecule has 0 spiro atoms. The van der Waals surface area contributed by atoms with Crippen LogP contribution in [0.1, 0.15) is 67.3 Å². The Morgan fingerprint density at radius 3 is 2.60 bits per heavy atom. The van der Waals surface area contributed by atoms with Crippen LogP contribution in [0.5, 0.6) is 0 Å². The summed E-state index contributed by atoms with van der Waals surface area (Å²) in [6.07, 6.45) is 10.9. The zero-order valence-corrected chi connectivity index (χ0v) is 24.9. The van der Waals surface area contributed by atoms with Crippen molar-refractivity contribution in [3.63, 3.8) is 0 Å². The Balaban J connectivity index is 1.25. The summed E-state index contributed by atoms with van der Waals surface area (Å²) in [5.74, 6) is -0.0486. The Hall–Kier alpha value is -4.08. The molecule has 2 aromatic rings. The number of carbonyl (C=O) groups is 3. The standard InChI is InChI=1S/C34H42N6O3/c1-24-21-32(41)40(38-24)29-16-14-27(15-17-29)33(42)36-22-28-18-20-39(34(43)31(37-28)13-8-19-35)23-30(25-9-4-2-5-10-25)26-11-6-3-7-12-26/h2-6,9-11,14-17,28,30-31,37H,7-8,12-13,18-23,35H2,1H3,(H,36,42)/t28-,30?,31-/m0/s1. The number of rotatable bonds is 11. The van der Waals surface area contributed by atoms with Gasteiger partial charge in [0.15, 0.2) is 0 Å². The molecule has 3 amide bonds. The molecule has 1 aliphatic carbocycles. The predicted molar refractivity (Wildman–Crippen MR) is 170 cm³/mol. The summed E-state index contributed by atoms with van der Waals surface area (Å²) in [7, 11) is 0. The van der Waals surface area contributed by atoms with E-state index < -0.39 is 0 Å². The fraction of sp³-hybridized carbons (Fsp3) is 0.412. The van der Waals surface area contributed by atoms with Crippen LogP contribution in [0.2, 0.25) is 0 Å². The van der Waals surface area contributed by atoms with Crippen molar-refractivity contribution in [2.45, 2.75) is 63.5 Å². The lowest BCUT2D eigenvalue weighted by atomic mass is 9.86. The van der Waals surface area contributed by atoms with Gasteiger partial charge in [-0.15, -0.1) is 0 Å². The number of benzene rings is 2. The van der Waals surface area contributed by atoms with Crippen molar-refractivity contribution in [2.75, 3.05) is 31.2 Å². The number of hydrogen-bond acceptors (Lipinski definition) is 6. The zero-order valence-electron chi connectivity index (χ0n) is 24.9. The molecule has 0 saturated carbocycles. The van der Waals surface area contributed by atoms with E-state index in [1.807, 2.05) is 17.9 Å². The molecule has 0 aromatic heterocycles. The van der Waals surface area contributed by atoms with E-state index in [1.165, 1.54) is 16.1 Å². The van der Waals surface area contributed by atoms with E-state index in [2.05, 4.69) is 58.2 Å². The smallest absolute Gasteiger partial charge is 0.253 e. The van der Waals surface area contributed by atoms with Gasteiger partial charge in [0.05, 0.1) is 18.2 Å². The first-order valence-electron chi connectivity index (χ1n) is 15.3. The van der Waals surface area contributed by atoms with Gasteiger partial charge in [0.25, 0.3) is 11.8 Å². The lowest BCUT2D eigenvalue weighted by Gasteiger charge is -2.31. The second-order valence-electron chi connectivity index (χ2n) is 11.6. The summed E-state index contributed by atoms with van der Waals surface area (Å²) < 4.78 is 0. The molecule has 2 heterocycles. The molecule has 2 aromatic carbocycles. The topological polar surface area (TPSA) is 120 Å². The van der Waals surface area contributed by atoms with Crippen LogP contribution in [0.15, 0.2) is 83.5 Å². The van der Waals surface area contributed by atoms with E-state index in [0.29, 0.717) is 50.3 Å². The molecule has 3 atom stereocenters. The maximum Gasteiger partial charge on any atom is 0.253 e. The van der Waals surface area contributed by atoms with Gasteiger partial charge >= 0.3 is 0 Å². The second-order valence-corrected chi connectivity index (χ2v) is 11.6. The lowest BCUT2D eigenvalue weighted by molar-refractivity contribution is -0.133. The minimum absolute atomic E-state index is 0.0634. The molecule has 4 N–H and O–H groups in total. The van der Waals surface area contributed by atoms with Crippen molar-refractivity contribution in [1.29, 1.82) is 0 Å². The SMILES string of the molecule is CC1=NN(c2ccc(C(=O)NC[C@@H]3CCN(CC(C4=CC=CCC4)c4ccccc4)C(=O)[C@H](CCCN)N3)cc2)C(=O)C1. The first-order valence-corrected chi connectivity index (χ1v) is 15.3. The minimum Gasteiger partial charge on any atom is -0.350 e. The average Bonchev–Trinajstić information content (AvgIpc) is 3.31. The molecule has 9 heteroatoms. The van der Waals surface area contributed by atoms with Crippen LogP contribution in [0, 0.1) is 0 Å². The van der Waals surface area contributed by atoms with Gasteiger partial charge in [0.1, 0.15) is 0 Å². The van der Waals surface area contributed by atoms with Crippen molar-refractivity contribution in [2.24, 2.45) is 10.8 Å². The number of anilines is 1. The van der Waals surface area contributed by atoms with Crippen LogP contribution in [0.25, 0.3) is 0 Å². The van der Waals surface area contributed by atoms with Crippen molar-refractivity contribution in [3.8, 4) is 0 Å². The summed E-state index contributed by atoms with van der Waals surface area (Å²) in [5, 5.41) is 12.2. The predicted octanol–water partition coefficient (Wildman–Crippen LogP) is 3.89. The van der Waals surface area contributed by atoms with Gasteiger partial charge in [-0.3, -0.25) is 14.4 Å². The monoisotopic (exact) mass is 582 g/mol. The Bertz CT molecular complexity index is 1380. The molecule has 1 saturated heterocycles. The highest BCUT2D eigenvalue weighted by Gasteiger charge is 2.33. The number of nitrogens with zero attached hydrogens (tertiary/aromatic N) is 3. The van der Waals surface area contributed by atoms with Gasteiger partial charge in [-0.25, -0.2) is 5.01 Å². The van der Waals surface area contributed by atoms with E-state index in [1.54, 1.807) is 24.3 Å². The highest BCUT2D eigenvalue weighted by Crippen LogP contribution is 2.31. The summed E-state index contributed by atoms with van der Waals surface area (Å²) in [4.78, 5) is 41.0. The maximum absolute atomic E-state index is 13.9. The lowest BCUT2D eigenvalue weighted by Crippen LogP contribution is -2.49. The molecule has 0 bridgehead atoms. The van der Waals surface area contributed by atoms with Crippen LogP contribution in [0.4, 0.5) is 5.69 Å². The van der Waals surface area contributed by atoms with Crippen LogP contribution in [-0.4, -0.2) is 66.6 Å². The number of nitrogens with one attached hydrogen (secondary N) is 2. The summed E-state index contributed by atoms with van der Waals surface area (Å²) in [6.45, 7) is 3.96. The number of amides is 3.